The summed E-state index contributed by atoms with van der Waals surface area (Å²) in [6.07, 6.45) is 2.62. The predicted molar refractivity (Wildman–Crippen MR) is 73.4 cm³/mol. The molecule has 0 amide bonds. The van der Waals surface area contributed by atoms with Gasteiger partial charge in [-0.15, -0.1) is 0 Å². The lowest BCUT2D eigenvalue weighted by Crippen LogP contribution is -2.35. The standard InChI is InChI=1S/C14H20ClNO2/c1-2-3-12(17)8-16-9-13-7-10-6-11(15)4-5-14(10)18-13/h4-6,12-13,16-17H,2-3,7-9H2,1H3. The molecule has 2 rings (SSSR count). The number of hydrogen-bond donors (Lipinski definition) is 2. The van der Waals surface area contributed by atoms with Crippen molar-refractivity contribution in [1.29, 1.82) is 0 Å². The van der Waals surface area contributed by atoms with E-state index < -0.39 is 0 Å². The zero-order valence-electron chi connectivity index (χ0n) is 10.7. The van der Waals surface area contributed by atoms with Crippen molar-refractivity contribution in [2.24, 2.45) is 0 Å². The van der Waals surface area contributed by atoms with Crippen LogP contribution in [0, 0.1) is 0 Å². The van der Waals surface area contributed by atoms with Gasteiger partial charge in [0.15, 0.2) is 0 Å². The Morgan fingerprint density at radius 3 is 3.17 bits per heavy atom. The first-order chi connectivity index (χ1) is 8.69. The van der Waals surface area contributed by atoms with E-state index >= 15 is 0 Å². The van der Waals surface area contributed by atoms with Gasteiger partial charge in [0.2, 0.25) is 0 Å². The quantitative estimate of drug-likeness (QED) is 0.833. The molecule has 1 heterocycles. The first kappa shape index (κ1) is 13.7. The van der Waals surface area contributed by atoms with Crippen molar-refractivity contribution >= 4 is 11.6 Å². The third-order valence-corrected chi connectivity index (χ3v) is 3.37. The largest absolute Gasteiger partial charge is 0.488 e. The van der Waals surface area contributed by atoms with Crippen molar-refractivity contribution in [3.63, 3.8) is 0 Å². The Kier molecular flexibility index (Phi) is 4.87. The van der Waals surface area contributed by atoms with E-state index in [1.165, 1.54) is 5.56 Å². The lowest BCUT2D eigenvalue weighted by Gasteiger charge is -2.14. The summed E-state index contributed by atoms with van der Waals surface area (Å²) < 4.78 is 5.80. The zero-order chi connectivity index (χ0) is 13.0. The third-order valence-electron chi connectivity index (χ3n) is 3.14. The van der Waals surface area contributed by atoms with Gasteiger partial charge in [0, 0.05) is 24.5 Å². The number of rotatable bonds is 6. The average molecular weight is 270 g/mol. The van der Waals surface area contributed by atoms with Crippen LogP contribution in [0.5, 0.6) is 5.75 Å². The van der Waals surface area contributed by atoms with Crippen molar-refractivity contribution in [3.8, 4) is 5.75 Å². The van der Waals surface area contributed by atoms with Crippen LogP contribution in [0.3, 0.4) is 0 Å². The summed E-state index contributed by atoms with van der Waals surface area (Å²) in [5.41, 5.74) is 1.17. The molecule has 1 aromatic rings. The van der Waals surface area contributed by atoms with Gasteiger partial charge in [0.25, 0.3) is 0 Å². The number of benzene rings is 1. The van der Waals surface area contributed by atoms with Gasteiger partial charge >= 0.3 is 0 Å². The van der Waals surface area contributed by atoms with Crippen molar-refractivity contribution in [2.45, 2.75) is 38.4 Å². The van der Waals surface area contributed by atoms with Gasteiger partial charge in [-0.25, -0.2) is 0 Å². The third kappa shape index (κ3) is 3.61. The van der Waals surface area contributed by atoms with E-state index in [1.54, 1.807) is 0 Å². The predicted octanol–water partition coefficient (Wildman–Crippen LogP) is 2.39. The van der Waals surface area contributed by atoms with Crippen LogP contribution in [0.25, 0.3) is 0 Å². The fourth-order valence-corrected chi connectivity index (χ4v) is 2.44. The van der Waals surface area contributed by atoms with E-state index in [0.29, 0.717) is 6.54 Å². The van der Waals surface area contributed by atoms with E-state index in [1.807, 2.05) is 18.2 Å². The van der Waals surface area contributed by atoms with Crippen molar-refractivity contribution in [3.05, 3.63) is 28.8 Å². The highest BCUT2D eigenvalue weighted by Crippen LogP contribution is 2.30. The number of halogens is 1. The summed E-state index contributed by atoms with van der Waals surface area (Å²) in [6, 6.07) is 5.73. The van der Waals surface area contributed by atoms with E-state index in [-0.39, 0.29) is 12.2 Å². The Bertz CT molecular complexity index is 397. The summed E-state index contributed by atoms with van der Waals surface area (Å²) in [6.45, 7) is 3.46. The van der Waals surface area contributed by atoms with Gasteiger partial charge < -0.3 is 15.2 Å². The number of aliphatic hydroxyl groups is 1. The molecule has 18 heavy (non-hydrogen) atoms. The minimum atomic E-state index is -0.256. The monoisotopic (exact) mass is 269 g/mol. The minimum Gasteiger partial charge on any atom is -0.488 e. The molecule has 100 valence electrons. The Labute approximate surface area is 113 Å². The molecule has 0 saturated carbocycles. The normalized spacial score (nSPS) is 19.4. The highest BCUT2D eigenvalue weighted by atomic mass is 35.5. The summed E-state index contributed by atoms with van der Waals surface area (Å²) in [5, 5.41) is 13.6. The zero-order valence-corrected chi connectivity index (χ0v) is 11.4. The average Bonchev–Trinajstić information content (AvgIpc) is 2.71. The maximum atomic E-state index is 9.61. The van der Waals surface area contributed by atoms with Gasteiger partial charge in [-0.3, -0.25) is 0 Å². The molecule has 2 atom stereocenters. The molecule has 0 saturated heterocycles. The van der Waals surface area contributed by atoms with Crippen LogP contribution in [0.4, 0.5) is 0 Å². The molecule has 3 nitrogen and oxygen atoms in total. The summed E-state index contributed by atoms with van der Waals surface area (Å²) in [7, 11) is 0. The van der Waals surface area contributed by atoms with Crippen LogP contribution in [-0.2, 0) is 6.42 Å². The topological polar surface area (TPSA) is 41.5 Å². The molecule has 2 unspecified atom stereocenters. The maximum Gasteiger partial charge on any atom is 0.123 e. The fraction of sp³-hybridized carbons (Fsp3) is 0.571. The van der Waals surface area contributed by atoms with Crippen LogP contribution in [-0.4, -0.2) is 30.4 Å². The molecule has 0 aromatic heterocycles. The molecule has 0 radical (unpaired) electrons. The lowest BCUT2D eigenvalue weighted by atomic mass is 10.1. The van der Waals surface area contributed by atoms with Gasteiger partial charge in [-0.2, -0.15) is 0 Å². The number of hydrogen-bond acceptors (Lipinski definition) is 3. The molecule has 0 spiro atoms. The van der Waals surface area contributed by atoms with Crippen molar-refractivity contribution in [2.75, 3.05) is 13.1 Å². The molecule has 1 aliphatic rings. The van der Waals surface area contributed by atoms with E-state index in [0.717, 1.165) is 36.6 Å². The summed E-state index contributed by atoms with van der Waals surface area (Å²) >= 11 is 5.95. The van der Waals surface area contributed by atoms with Gasteiger partial charge in [0.05, 0.1) is 6.10 Å². The van der Waals surface area contributed by atoms with Crippen LogP contribution < -0.4 is 10.1 Å². The molecular formula is C14H20ClNO2. The molecule has 4 heteroatoms. The number of aliphatic hydroxyl groups excluding tert-OH is 1. The van der Waals surface area contributed by atoms with E-state index in [9.17, 15) is 5.11 Å². The number of nitrogens with one attached hydrogen (secondary N) is 1. The van der Waals surface area contributed by atoms with Crippen LogP contribution in [0.15, 0.2) is 18.2 Å². The molecule has 0 bridgehead atoms. The van der Waals surface area contributed by atoms with Gasteiger partial charge in [-0.05, 0) is 30.2 Å². The molecule has 2 N–H and O–H groups in total. The van der Waals surface area contributed by atoms with Crippen molar-refractivity contribution in [1.82, 2.24) is 5.32 Å². The number of fused-ring (bicyclic) bond motifs is 1. The molecule has 0 fully saturated rings. The molecule has 0 aliphatic carbocycles. The Morgan fingerprint density at radius 1 is 1.56 bits per heavy atom. The van der Waals surface area contributed by atoms with Crippen LogP contribution in [0.2, 0.25) is 5.02 Å². The fourth-order valence-electron chi connectivity index (χ4n) is 2.25. The Hall–Kier alpha value is -0.770. The second-order valence-corrected chi connectivity index (χ2v) is 5.23. The first-order valence-electron chi connectivity index (χ1n) is 6.53. The highest BCUT2D eigenvalue weighted by molar-refractivity contribution is 6.30. The summed E-state index contributed by atoms with van der Waals surface area (Å²) in [4.78, 5) is 0. The van der Waals surface area contributed by atoms with Crippen LogP contribution in [0.1, 0.15) is 25.3 Å². The van der Waals surface area contributed by atoms with Crippen molar-refractivity contribution < 1.29 is 9.84 Å². The maximum absolute atomic E-state index is 9.61. The molecule has 1 aromatic carbocycles. The molecule has 1 aliphatic heterocycles. The number of ether oxygens (including phenoxy) is 1. The first-order valence-corrected chi connectivity index (χ1v) is 6.90. The second kappa shape index (κ2) is 6.41. The van der Waals surface area contributed by atoms with E-state index in [4.69, 9.17) is 16.3 Å². The lowest BCUT2D eigenvalue weighted by molar-refractivity contribution is 0.152. The van der Waals surface area contributed by atoms with Gasteiger partial charge in [0.1, 0.15) is 11.9 Å². The van der Waals surface area contributed by atoms with E-state index in [2.05, 4.69) is 12.2 Å². The minimum absolute atomic E-state index is 0.146. The Morgan fingerprint density at radius 2 is 2.39 bits per heavy atom. The SMILES string of the molecule is CCCC(O)CNCC1Cc2cc(Cl)ccc2O1. The molecular weight excluding hydrogens is 250 g/mol. The van der Waals surface area contributed by atoms with Gasteiger partial charge in [-0.1, -0.05) is 24.9 Å². The van der Waals surface area contributed by atoms with Crippen LogP contribution >= 0.6 is 11.6 Å². The highest BCUT2D eigenvalue weighted by Gasteiger charge is 2.22. The smallest absolute Gasteiger partial charge is 0.123 e. The Balaban J connectivity index is 1.74. The summed E-state index contributed by atoms with van der Waals surface area (Å²) in [5.74, 6) is 0.931. The second-order valence-electron chi connectivity index (χ2n) is 4.80.